The molecular formula is C22H36O5. The lowest BCUT2D eigenvalue weighted by Gasteiger charge is -2.11. The van der Waals surface area contributed by atoms with Gasteiger partial charge in [-0.3, -0.25) is 4.79 Å². The summed E-state index contributed by atoms with van der Waals surface area (Å²) in [6, 6.07) is 0. The Kier molecular flexibility index (Phi) is 9.32. The number of cyclic esters (lactones) is 2. The van der Waals surface area contributed by atoms with Crippen LogP contribution in [0.1, 0.15) is 90.9 Å². The van der Waals surface area contributed by atoms with Gasteiger partial charge in [0.1, 0.15) is 18.3 Å². The van der Waals surface area contributed by atoms with Crippen LogP contribution in [0.4, 0.5) is 0 Å². The van der Waals surface area contributed by atoms with E-state index in [1.807, 2.05) is 13.0 Å². The number of aliphatic hydroxyl groups is 1. The minimum Gasteiger partial charge on any atom is -0.460 e. The van der Waals surface area contributed by atoms with Gasteiger partial charge in [-0.25, -0.2) is 4.79 Å². The van der Waals surface area contributed by atoms with Gasteiger partial charge in [0.15, 0.2) is 0 Å². The van der Waals surface area contributed by atoms with Gasteiger partial charge in [0.05, 0.1) is 5.92 Å². The highest BCUT2D eigenvalue weighted by Gasteiger charge is 2.40. The van der Waals surface area contributed by atoms with Crippen LogP contribution in [0, 0.1) is 5.92 Å². The monoisotopic (exact) mass is 380 g/mol. The molecule has 1 fully saturated rings. The molecule has 0 bridgehead atoms. The summed E-state index contributed by atoms with van der Waals surface area (Å²) in [4.78, 5) is 23.1. The molecule has 1 N–H and O–H groups in total. The summed E-state index contributed by atoms with van der Waals surface area (Å²) in [5, 5.41) is 9.90. The molecule has 0 spiro atoms. The lowest BCUT2D eigenvalue weighted by atomic mass is 9.95. The maximum atomic E-state index is 11.6. The van der Waals surface area contributed by atoms with E-state index in [0.29, 0.717) is 0 Å². The highest BCUT2D eigenvalue weighted by Crippen LogP contribution is 2.26. The van der Waals surface area contributed by atoms with E-state index in [1.165, 1.54) is 44.9 Å². The molecule has 2 aliphatic rings. The minimum atomic E-state index is -0.628. The van der Waals surface area contributed by atoms with Crippen LogP contribution < -0.4 is 0 Å². The van der Waals surface area contributed by atoms with E-state index in [4.69, 9.17) is 9.47 Å². The van der Waals surface area contributed by atoms with E-state index in [9.17, 15) is 14.7 Å². The second-order valence-electron chi connectivity index (χ2n) is 8.12. The zero-order chi connectivity index (χ0) is 19.6. The number of hydrogen-bond acceptors (Lipinski definition) is 5. The molecular weight excluding hydrogens is 344 g/mol. The molecule has 4 atom stereocenters. The lowest BCUT2D eigenvalue weighted by molar-refractivity contribution is -0.144. The minimum absolute atomic E-state index is 0.0480. The number of carbonyl (C=O) groups excluding carboxylic acids is 2. The van der Waals surface area contributed by atoms with Crippen LogP contribution in [0.3, 0.4) is 0 Å². The Hall–Kier alpha value is -1.36. The van der Waals surface area contributed by atoms with E-state index in [2.05, 4.69) is 0 Å². The average Bonchev–Trinajstić information content (AvgIpc) is 3.07. The van der Waals surface area contributed by atoms with Crippen LogP contribution in [0.2, 0.25) is 0 Å². The number of carbonyl (C=O) groups is 2. The molecule has 2 heterocycles. The van der Waals surface area contributed by atoms with Crippen LogP contribution >= 0.6 is 0 Å². The van der Waals surface area contributed by atoms with Crippen molar-refractivity contribution < 1.29 is 24.2 Å². The van der Waals surface area contributed by atoms with Gasteiger partial charge in [0.2, 0.25) is 0 Å². The van der Waals surface area contributed by atoms with Crippen LogP contribution in [-0.4, -0.2) is 35.4 Å². The molecule has 2 rings (SSSR count). The molecule has 1 saturated heterocycles. The molecule has 0 saturated carbocycles. The Morgan fingerprint density at radius 2 is 1.41 bits per heavy atom. The van der Waals surface area contributed by atoms with Gasteiger partial charge in [0.25, 0.3) is 0 Å². The fraction of sp³-hybridized carbons (Fsp3) is 0.818. The molecule has 2 aliphatic heterocycles. The smallest absolute Gasteiger partial charge is 0.334 e. The molecule has 0 unspecified atom stereocenters. The third-order valence-electron chi connectivity index (χ3n) is 5.70. The molecule has 5 nitrogen and oxygen atoms in total. The van der Waals surface area contributed by atoms with Crippen molar-refractivity contribution in [2.24, 2.45) is 5.92 Å². The van der Waals surface area contributed by atoms with E-state index >= 15 is 0 Å². The predicted octanol–water partition coefficient (Wildman–Crippen LogP) is 4.46. The molecule has 0 aromatic heterocycles. The second-order valence-corrected chi connectivity index (χ2v) is 8.12. The van der Waals surface area contributed by atoms with Crippen molar-refractivity contribution >= 4 is 11.9 Å². The van der Waals surface area contributed by atoms with Crippen molar-refractivity contribution in [3.8, 4) is 0 Å². The van der Waals surface area contributed by atoms with Crippen LogP contribution in [0.5, 0.6) is 0 Å². The number of esters is 2. The summed E-state index contributed by atoms with van der Waals surface area (Å²) in [7, 11) is 0. The molecule has 0 radical (unpaired) electrons. The second kappa shape index (κ2) is 11.5. The quantitative estimate of drug-likeness (QED) is 0.377. The normalized spacial score (nSPS) is 27.6. The van der Waals surface area contributed by atoms with Crippen molar-refractivity contribution in [1.29, 1.82) is 0 Å². The van der Waals surface area contributed by atoms with E-state index < -0.39 is 6.10 Å². The summed E-state index contributed by atoms with van der Waals surface area (Å²) >= 11 is 0. The average molecular weight is 381 g/mol. The Balaban J connectivity index is 1.35. The maximum absolute atomic E-state index is 11.6. The van der Waals surface area contributed by atoms with Gasteiger partial charge in [-0.05, 0) is 39.2 Å². The van der Waals surface area contributed by atoms with Crippen molar-refractivity contribution in [1.82, 2.24) is 0 Å². The zero-order valence-corrected chi connectivity index (χ0v) is 17.0. The summed E-state index contributed by atoms with van der Waals surface area (Å²) < 4.78 is 10.2. The van der Waals surface area contributed by atoms with Gasteiger partial charge in [-0.1, -0.05) is 57.8 Å². The highest BCUT2D eigenvalue weighted by atomic mass is 16.6. The number of ether oxygens (including phenoxy) is 2. The number of unbranched alkanes of at least 4 members (excludes halogenated alkanes) is 9. The van der Waals surface area contributed by atoms with Crippen molar-refractivity contribution in [3.63, 3.8) is 0 Å². The Labute approximate surface area is 163 Å². The SMILES string of the molecule is C[C@@H]1OC(=O)[C@@H](CCCCCCCCCCCCC2=C[C@H](C)OC2=O)[C@@H]1O. The van der Waals surface area contributed by atoms with Crippen LogP contribution in [-0.2, 0) is 19.1 Å². The first-order chi connectivity index (χ1) is 13.0. The molecule has 5 heteroatoms. The van der Waals surface area contributed by atoms with Gasteiger partial charge < -0.3 is 14.6 Å². The first-order valence-electron chi connectivity index (χ1n) is 10.8. The third kappa shape index (κ3) is 7.28. The maximum Gasteiger partial charge on any atom is 0.334 e. The largest absolute Gasteiger partial charge is 0.460 e. The molecule has 0 amide bonds. The standard InChI is InChI=1S/C22H36O5/c1-16-15-18(21(24)26-16)13-11-9-7-5-3-4-6-8-10-12-14-19-20(23)17(2)27-22(19)25/h15-17,19-20,23H,3-14H2,1-2H3/t16-,17-,19-,20+/m0/s1. The topological polar surface area (TPSA) is 72.8 Å². The number of rotatable bonds is 13. The lowest BCUT2D eigenvalue weighted by Crippen LogP contribution is -2.24. The van der Waals surface area contributed by atoms with E-state index in [-0.39, 0.29) is 30.1 Å². The molecule has 0 aliphatic carbocycles. The third-order valence-corrected chi connectivity index (χ3v) is 5.70. The Bertz CT molecular complexity index is 513. The van der Waals surface area contributed by atoms with Gasteiger partial charge in [0, 0.05) is 5.57 Å². The first kappa shape index (κ1) is 21.9. The Morgan fingerprint density at radius 3 is 1.89 bits per heavy atom. The van der Waals surface area contributed by atoms with Crippen LogP contribution in [0.25, 0.3) is 0 Å². The molecule has 27 heavy (non-hydrogen) atoms. The van der Waals surface area contributed by atoms with E-state index in [0.717, 1.165) is 37.7 Å². The summed E-state index contributed by atoms with van der Waals surface area (Å²) in [5.74, 6) is -0.674. The van der Waals surface area contributed by atoms with Gasteiger partial charge in [-0.15, -0.1) is 0 Å². The molecule has 0 aromatic carbocycles. The van der Waals surface area contributed by atoms with E-state index in [1.54, 1.807) is 6.92 Å². The molecule has 0 aromatic rings. The fourth-order valence-corrected chi connectivity index (χ4v) is 4.00. The van der Waals surface area contributed by atoms with Gasteiger partial charge >= 0.3 is 11.9 Å². The predicted molar refractivity (Wildman–Crippen MR) is 104 cm³/mol. The first-order valence-corrected chi connectivity index (χ1v) is 10.8. The summed E-state index contributed by atoms with van der Waals surface area (Å²) in [5.41, 5.74) is 0.857. The number of aliphatic hydroxyl groups excluding tert-OH is 1. The fourth-order valence-electron chi connectivity index (χ4n) is 4.00. The van der Waals surface area contributed by atoms with Crippen molar-refractivity contribution in [3.05, 3.63) is 11.6 Å². The van der Waals surface area contributed by atoms with Crippen molar-refractivity contribution in [2.45, 2.75) is 109 Å². The molecule has 154 valence electrons. The Morgan fingerprint density at radius 1 is 0.852 bits per heavy atom. The summed E-state index contributed by atoms with van der Waals surface area (Å²) in [6.07, 6.45) is 14.3. The van der Waals surface area contributed by atoms with Crippen molar-refractivity contribution in [2.75, 3.05) is 0 Å². The summed E-state index contributed by atoms with van der Waals surface area (Å²) in [6.45, 7) is 3.65. The zero-order valence-electron chi connectivity index (χ0n) is 17.0. The number of hydrogen-bond donors (Lipinski definition) is 1. The highest BCUT2D eigenvalue weighted by molar-refractivity contribution is 5.90. The van der Waals surface area contributed by atoms with Gasteiger partial charge in [-0.2, -0.15) is 0 Å². The van der Waals surface area contributed by atoms with Crippen LogP contribution in [0.15, 0.2) is 11.6 Å².